The third kappa shape index (κ3) is 6.37. The molecule has 0 aromatic heterocycles. The summed E-state index contributed by atoms with van der Waals surface area (Å²) in [4.78, 5) is 14.1. The van der Waals surface area contributed by atoms with Gasteiger partial charge in [-0.3, -0.25) is 4.79 Å². The van der Waals surface area contributed by atoms with Gasteiger partial charge in [-0.25, -0.2) is 4.39 Å². The predicted octanol–water partition coefficient (Wildman–Crippen LogP) is 2.99. The maximum absolute atomic E-state index is 13.0. The van der Waals surface area contributed by atoms with Gasteiger partial charge in [-0.05, 0) is 48.9 Å². The standard InChI is InChI=1S/C20H25FN2O3/c1-3-23(18-8-6-17(21)7-9-18)15-20(24)22-14-16-4-10-19(11-5-16)26-13-12-25-2/h4-11H,3,12-15H2,1-2H3,(H,22,24). The van der Waals surface area contributed by atoms with E-state index in [-0.39, 0.29) is 18.3 Å². The van der Waals surface area contributed by atoms with Gasteiger partial charge in [0, 0.05) is 25.9 Å². The molecule has 0 aliphatic heterocycles. The Labute approximate surface area is 153 Å². The monoisotopic (exact) mass is 360 g/mol. The Balaban J connectivity index is 1.81. The van der Waals surface area contributed by atoms with Crippen molar-refractivity contribution in [1.29, 1.82) is 0 Å². The van der Waals surface area contributed by atoms with Crippen LogP contribution in [0.3, 0.4) is 0 Å². The number of nitrogens with one attached hydrogen (secondary N) is 1. The van der Waals surface area contributed by atoms with E-state index in [1.807, 2.05) is 36.1 Å². The highest BCUT2D eigenvalue weighted by Crippen LogP contribution is 2.14. The lowest BCUT2D eigenvalue weighted by molar-refractivity contribution is -0.119. The van der Waals surface area contributed by atoms with Gasteiger partial charge in [0.2, 0.25) is 5.91 Å². The minimum atomic E-state index is -0.288. The minimum absolute atomic E-state index is 0.0865. The maximum Gasteiger partial charge on any atom is 0.239 e. The summed E-state index contributed by atoms with van der Waals surface area (Å²) in [5.74, 6) is 0.395. The highest BCUT2D eigenvalue weighted by molar-refractivity contribution is 5.81. The molecule has 0 fully saturated rings. The lowest BCUT2D eigenvalue weighted by Crippen LogP contribution is -2.36. The van der Waals surface area contributed by atoms with E-state index in [9.17, 15) is 9.18 Å². The zero-order valence-corrected chi connectivity index (χ0v) is 15.2. The number of hydrogen-bond donors (Lipinski definition) is 1. The van der Waals surface area contributed by atoms with Crippen LogP contribution in [0.15, 0.2) is 48.5 Å². The van der Waals surface area contributed by atoms with E-state index in [1.165, 1.54) is 12.1 Å². The maximum atomic E-state index is 13.0. The van der Waals surface area contributed by atoms with Gasteiger partial charge in [0.1, 0.15) is 18.2 Å². The highest BCUT2D eigenvalue weighted by atomic mass is 19.1. The molecule has 2 aromatic carbocycles. The molecule has 2 rings (SSSR count). The molecule has 5 nitrogen and oxygen atoms in total. The van der Waals surface area contributed by atoms with E-state index in [0.29, 0.717) is 26.3 Å². The Hall–Kier alpha value is -2.60. The number of benzene rings is 2. The summed E-state index contributed by atoms with van der Waals surface area (Å²) in [6.45, 7) is 4.33. The first-order valence-electron chi connectivity index (χ1n) is 8.60. The van der Waals surface area contributed by atoms with Crippen molar-refractivity contribution in [3.05, 3.63) is 59.9 Å². The lowest BCUT2D eigenvalue weighted by atomic mass is 10.2. The van der Waals surface area contributed by atoms with Crippen LogP contribution in [-0.4, -0.2) is 39.3 Å². The quantitative estimate of drug-likeness (QED) is 0.662. The molecule has 0 saturated heterocycles. The topological polar surface area (TPSA) is 50.8 Å². The van der Waals surface area contributed by atoms with Gasteiger partial charge in [-0.1, -0.05) is 12.1 Å². The molecule has 0 aliphatic carbocycles. The largest absolute Gasteiger partial charge is 0.491 e. The Kier molecular flexibility index (Phi) is 7.89. The lowest BCUT2D eigenvalue weighted by Gasteiger charge is -2.22. The molecule has 6 heteroatoms. The summed E-state index contributed by atoms with van der Waals surface area (Å²) in [6, 6.07) is 13.7. The summed E-state index contributed by atoms with van der Waals surface area (Å²) in [5, 5.41) is 2.90. The van der Waals surface area contributed by atoms with Crippen molar-refractivity contribution < 1.29 is 18.7 Å². The first-order chi connectivity index (χ1) is 12.6. The number of methoxy groups -OCH3 is 1. The van der Waals surface area contributed by atoms with Gasteiger partial charge in [-0.15, -0.1) is 0 Å². The first-order valence-corrected chi connectivity index (χ1v) is 8.60. The molecule has 0 saturated carbocycles. The van der Waals surface area contributed by atoms with Crippen LogP contribution in [0.2, 0.25) is 0 Å². The van der Waals surface area contributed by atoms with Crippen LogP contribution in [0.1, 0.15) is 12.5 Å². The number of amides is 1. The number of carbonyl (C=O) groups is 1. The van der Waals surface area contributed by atoms with Crippen LogP contribution < -0.4 is 15.0 Å². The SMILES string of the molecule is CCN(CC(=O)NCc1ccc(OCCOC)cc1)c1ccc(F)cc1. The molecule has 0 radical (unpaired) electrons. The summed E-state index contributed by atoms with van der Waals surface area (Å²) in [6.07, 6.45) is 0. The van der Waals surface area contributed by atoms with E-state index in [1.54, 1.807) is 19.2 Å². The normalized spacial score (nSPS) is 10.4. The third-order valence-corrected chi connectivity index (χ3v) is 3.88. The van der Waals surface area contributed by atoms with Gasteiger partial charge in [-0.2, -0.15) is 0 Å². The van der Waals surface area contributed by atoms with Crippen molar-refractivity contribution in [1.82, 2.24) is 5.32 Å². The Morgan fingerprint density at radius 2 is 1.77 bits per heavy atom. The number of hydrogen-bond acceptors (Lipinski definition) is 4. The van der Waals surface area contributed by atoms with Crippen LogP contribution in [-0.2, 0) is 16.1 Å². The van der Waals surface area contributed by atoms with E-state index in [4.69, 9.17) is 9.47 Å². The Morgan fingerprint density at radius 1 is 1.08 bits per heavy atom. The van der Waals surface area contributed by atoms with Crippen molar-refractivity contribution in [2.24, 2.45) is 0 Å². The highest BCUT2D eigenvalue weighted by Gasteiger charge is 2.10. The number of nitrogens with zero attached hydrogens (tertiary/aromatic N) is 1. The molecule has 0 unspecified atom stereocenters. The Morgan fingerprint density at radius 3 is 2.38 bits per heavy atom. The van der Waals surface area contributed by atoms with E-state index < -0.39 is 0 Å². The molecule has 1 N–H and O–H groups in total. The Bertz CT molecular complexity index is 674. The van der Waals surface area contributed by atoms with Crippen LogP contribution in [0, 0.1) is 5.82 Å². The molecule has 2 aromatic rings. The number of likely N-dealkylation sites (N-methyl/N-ethyl adjacent to an activating group) is 1. The molecule has 1 amide bonds. The zero-order chi connectivity index (χ0) is 18.8. The van der Waals surface area contributed by atoms with Gasteiger partial charge in [0.05, 0.1) is 13.2 Å². The number of rotatable bonds is 10. The van der Waals surface area contributed by atoms with Crippen molar-refractivity contribution >= 4 is 11.6 Å². The van der Waals surface area contributed by atoms with Crippen molar-refractivity contribution in [2.75, 3.05) is 38.3 Å². The predicted molar refractivity (Wildman–Crippen MR) is 99.9 cm³/mol. The second-order valence-electron chi connectivity index (χ2n) is 5.75. The molecule has 26 heavy (non-hydrogen) atoms. The molecular formula is C20H25FN2O3. The zero-order valence-electron chi connectivity index (χ0n) is 15.2. The number of anilines is 1. The summed E-state index contributed by atoms with van der Waals surface area (Å²) in [5.41, 5.74) is 1.81. The van der Waals surface area contributed by atoms with Gasteiger partial charge < -0.3 is 19.7 Å². The van der Waals surface area contributed by atoms with Crippen molar-refractivity contribution in [3.63, 3.8) is 0 Å². The third-order valence-electron chi connectivity index (χ3n) is 3.88. The average Bonchev–Trinajstić information content (AvgIpc) is 2.66. The van der Waals surface area contributed by atoms with Crippen LogP contribution in [0.4, 0.5) is 10.1 Å². The van der Waals surface area contributed by atoms with Crippen molar-refractivity contribution in [3.8, 4) is 5.75 Å². The van der Waals surface area contributed by atoms with E-state index in [0.717, 1.165) is 17.0 Å². The van der Waals surface area contributed by atoms with E-state index >= 15 is 0 Å². The fourth-order valence-electron chi connectivity index (χ4n) is 2.41. The molecule has 0 bridgehead atoms. The molecule has 0 heterocycles. The molecular weight excluding hydrogens is 335 g/mol. The van der Waals surface area contributed by atoms with Crippen molar-refractivity contribution in [2.45, 2.75) is 13.5 Å². The molecule has 0 atom stereocenters. The smallest absolute Gasteiger partial charge is 0.239 e. The fourth-order valence-corrected chi connectivity index (χ4v) is 2.41. The second kappa shape index (κ2) is 10.4. The molecule has 140 valence electrons. The summed E-state index contributed by atoms with van der Waals surface area (Å²) < 4.78 is 23.5. The number of ether oxygens (including phenoxy) is 2. The fraction of sp³-hybridized carbons (Fsp3) is 0.350. The second-order valence-corrected chi connectivity index (χ2v) is 5.75. The number of halogens is 1. The van der Waals surface area contributed by atoms with Crippen LogP contribution in [0.25, 0.3) is 0 Å². The minimum Gasteiger partial charge on any atom is -0.491 e. The van der Waals surface area contributed by atoms with Crippen LogP contribution in [0.5, 0.6) is 5.75 Å². The van der Waals surface area contributed by atoms with Gasteiger partial charge in [0.25, 0.3) is 0 Å². The molecule has 0 spiro atoms. The van der Waals surface area contributed by atoms with E-state index in [2.05, 4.69) is 5.32 Å². The number of carbonyl (C=O) groups excluding carboxylic acids is 1. The first kappa shape index (κ1) is 19.7. The average molecular weight is 360 g/mol. The summed E-state index contributed by atoms with van der Waals surface area (Å²) in [7, 11) is 1.63. The summed E-state index contributed by atoms with van der Waals surface area (Å²) >= 11 is 0. The van der Waals surface area contributed by atoms with Gasteiger partial charge >= 0.3 is 0 Å². The molecule has 0 aliphatic rings. The van der Waals surface area contributed by atoms with Gasteiger partial charge in [0.15, 0.2) is 0 Å². The van der Waals surface area contributed by atoms with Crippen LogP contribution >= 0.6 is 0 Å².